The van der Waals surface area contributed by atoms with E-state index in [-0.39, 0.29) is 0 Å². The van der Waals surface area contributed by atoms with Gasteiger partial charge in [-0.25, -0.2) is 0 Å². The number of benzene rings is 6. The average Bonchev–Trinajstić information content (AvgIpc) is 3.07. The molecule has 46 heavy (non-hydrogen) atoms. The topological polar surface area (TPSA) is 99.0 Å². The van der Waals surface area contributed by atoms with Gasteiger partial charge in [0.2, 0.25) is 0 Å². The van der Waals surface area contributed by atoms with Crippen LogP contribution in [0.3, 0.4) is 0 Å². The van der Waals surface area contributed by atoms with Crippen molar-refractivity contribution in [3.8, 4) is 0 Å². The van der Waals surface area contributed by atoms with E-state index in [1.54, 1.807) is 0 Å². The number of fused-ring (bicyclic) bond motifs is 4. The maximum absolute atomic E-state index is 12.3. The second-order valence-electron chi connectivity index (χ2n) is 12.5. The van der Waals surface area contributed by atoms with Crippen molar-refractivity contribution in [2.24, 2.45) is 0 Å². The van der Waals surface area contributed by atoms with Gasteiger partial charge in [0, 0.05) is 81.7 Å². The van der Waals surface area contributed by atoms with Gasteiger partial charge in [-0.05, 0) is 61.7 Å². The maximum Gasteiger partial charge on any atom is 0.0728 e. The average molecular weight is 613 g/mol. The zero-order valence-corrected chi connectivity index (χ0v) is 27.2. The number of aliphatic hydroxyl groups is 2. The van der Waals surface area contributed by atoms with Gasteiger partial charge in [0.25, 0.3) is 0 Å². The fourth-order valence-electron chi connectivity index (χ4n) is 8.39. The van der Waals surface area contributed by atoms with Crippen molar-refractivity contribution in [3.05, 3.63) is 96.1 Å². The summed E-state index contributed by atoms with van der Waals surface area (Å²) >= 11 is 0. The van der Waals surface area contributed by atoms with Gasteiger partial charge in [0.15, 0.2) is 0 Å². The van der Waals surface area contributed by atoms with Gasteiger partial charge >= 0.3 is 0 Å². The van der Waals surface area contributed by atoms with E-state index >= 15 is 0 Å². The van der Waals surface area contributed by atoms with Gasteiger partial charge in [-0.15, -0.1) is 0 Å². The molecule has 6 aromatic carbocycles. The first-order valence-electron chi connectivity index (χ1n) is 16.7. The highest BCUT2D eigenvalue weighted by molar-refractivity contribution is 6.20. The summed E-state index contributed by atoms with van der Waals surface area (Å²) in [5.41, 5.74) is 18.9. The van der Waals surface area contributed by atoms with Gasteiger partial charge in [0.05, 0.1) is 23.6 Å². The van der Waals surface area contributed by atoms with Crippen molar-refractivity contribution in [2.45, 2.75) is 51.7 Å². The smallest absolute Gasteiger partial charge is 0.0728 e. The van der Waals surface area contributed by atoms with Crippen LogP contribution in [0, 0.1) is 0 Å². The van der Waals surface area contributed by atoms with Crippen LogP contribution in [0.2, 0.25) is 0 Å². The third kappa shape index (κ3) is 4.24. The third-order valence-corrected chi connectivity index (χ3v) is 10.5. The molecule has 2 unspecified atom stereocenters. The minimum Gasteiger partial charge on any atom is -0.398 e. The van der Waals surface area contributed by atoms with Crippen LogP contribution in [0.15, 0.2) is 84.9 Å². The molecule has 236 valence electrons. The maximum atomic E-state index is 12.3. The molecule has 1 fully saturated rings. The molecule has 1 saturated carbocycles. The van der Waals surface area contributed by atoms with Crippen LogP contribution in [0.4, 0.5) is 22.7 Å². The summed E-state index contributed by atoms with van der Waals surface area (Å²) < 4.78 is 0. The number of nitrogens with zero attached hydrogens (tertiary/aromatic N) is 2. The molecular formula is C40H44N4O2. The van der Waals surface area contributed by atoms with Crippen LogP contribution in [-0.2, 0) is 0 Å². The van der Waals surface area contributed by atoms with E-state index < -0.39 is 24.0 Å². The first kappa shape index (κ1) is 30.2. The predicted octanol–water partition coefficient (Wildman–Crippen LogP) is 7.76. The van der Waals surface area contributed by atoms with Crippen molar-refractivity contribution in [2.75, 3.05) is 47.4 Å². The monoisotopic (exact) mass is 612 g/mol. The van der Waals surface area contributed by atoms with Crippen LogP contribution in [0.1, 0.15) is 50.7 Å². The fourth-order valence-corrected chi connectivity index (χ4v) is 8.39. The Morgan fingerprint density at radius 2 is 0.826 bits per heavy atom. The molecule has 6 heteroatoms. The molecule has 0 bridgehead atoms. The molecule has 0 amide bonds. The fraction of sp³-hybridized carbons (Fsp3) is 0.300. The standard InChI is InChI=1S/C40H44N4O2/c1-5-43(6-2)37-25-17-11-9-15-23(25)31(24-16-10-12-18-26(24)37)35-39(45)36(40(35)46)34-32-27(19-13-21-29(32)41)38(44(7-3)8-4)28-20-14-22-30(42)33(28)34/h9-22,35-36,39-40,45-46H,5-8,41-42H2,1-4H3. The Balaban J connectivity index is 1.49. The van der Waals surface area contributed by atoms with Crippen molar-refractivity contribution >= 4 is 65.8 Å². The number of nitrogen functional groups attached to an aromatic ring is 2. The summed E-state index contributed by atoms with van der Waals surface area (Å²) in [6, 6.07) is 28.9. The molecule has 0 spiro atoms. The number of hydrogen-bond acceptors (Lipinski definition) is 6. The Morgan fingerprint density at radius 1 is 0.478 bits per heavy atom. The van der Waals surface area contributed by atoms with Crippen molar-refractivity contribution < 1.29 is 10.2 Å². The van der Waals surface area contributed by atoms with Gasteiger partial charge in [-0.3, -0.25) is 0 Å². The van der Waals surface area contributed by atoms with E-state index in [0.29, 0.717) is 11.4 Å². The second kappa shape index (κ2) is 11.7. The van der Waals surface area contributed by atoms with E-state index in [0.717, 1.165) is 86.1 Å². The molecule has 2 atom stereocenters. The Bertz CT molecular complexity index is 1970. The molecule has 0 aliphatic heterocycles. The first-order chi connectivity index (χ1) is 22.4. The Hall–Kier alpha value is -4.52. The Labute approximate surface area is 270 Å². The number of nitrogens with two attached hydrogens (primary N) is 2. The molecular weight excluding hydrogens is 568 g/mol. The zero-order valence-electron chi connectivity index (χ0n) is 27.2. The molecule has 1 aliphatic rings. The van der Waals surface area contributed by atoms with E-state index in [1.165, 1.54) is 5.69 Å². The number of aliphatic hydroxyl groups excluding tert-OH is 2. The SMILES string of the molecule is CCN(CC)c1c2ccccc2c(C2C(O)C(c3c4c(N)cccc4c(N(CC)CC)c4cccc(N)c34)C2O)c2ccccc12. The summed E-state index contributed by atoms with van der Waals surface area (Å²) in [5.74, 6) is -1.07. The highest BCUT2D eigenvalue weighted by Crippen LogP contribution is 2.57. The lowest BCUT2D eigenvalue weighted by molar-refractivity contribution is -0.0765. The highest BCUT2D eigenvalue weighted by Gasteiger charge is 2.53. The number of anilines is 4. The van der Waals surface area contributed by atoms with Crippen molar-refractivity contribution in [1.29, 1.82) is 0 Å². The quantitative estimate of drug-likeness (QED) is 0.104. The molecule has 7 rings (SSSR count). The Kier molecular flexibility index (Phi) is 7.66. The molecule has 0 heterocycles. The predicted molar refractivity (Wildman–Crippen MR) is 196 cm³/mol. The molecule has 6 aromatic rings. The summed E-state index contributed by atoms with van der Waals surface area (Å²) in [5, 5.41) is 32.8. The lowest BCUT2D eigenvalue weighted by Crippen LogP contribution is -2.52. The summed E-state index contributed by atoms with van der Waals surface area (Å²) in [7, 11) is 0. The first-order valence-corrected chi connectivity index (χ1v) is 16.7. The molecule has 1 aliphatic carbocycles. The van der Waals surface area contributed by atoms with E-state index in [9.17, 15) is 10.2 Å². The van der Waals surface area contributed by atoms with Crippen molar-refractivity contribution in [1.82, 2.24) is 0 Å². The van der Waals surface area contributed by atoms with Crippen LogP contribution < -0.4 is 21.3 Å². The highest BCUT2D eigenvalue weighted by atomic mass is 16.3. The molecule has 0 saturated heterocycles. The van der Waals surface area contributed by atoms with Gasteiger partial charge in [-0.2, -0.15) is 0 Å². The summed E-state index contributed by atoms with van der Waals surface area (Å²) in [6.07, 6.45) is -1.71. The normalized spacial score (nSPS) is 19.6. The van der Waals surface area contributed by atoms with Crippen LogP contribution >= 0.6 is 0 Å². The molecule has 6 nitrogen and oxygen atoms in total. The molecule has 0 aromatic heterocycles. The number of rotatable bonds is 8. The zero-order chi connectivity index (χ0) is 32.3. The third-order valence-electron chi connectivity index (χ3n) is 10.5. The lowest BCUT2D eigenvalue weighted by atomic mass is 9.60. The summed E-state index contributed by atoms with van der Waals surface area (Å²) in [6.45, 7) is 12.1. The molecule has 6 N–H and O–H groups in total. The van der Waals surface area contributed by atoms with E-state index in [1.807, 2.05) is 24.3 Å². The van der Waals surface area contributed by atoms with Gasteiger partial charge in [-0.1, -0.05) is 72.8 Å². The van der Waals surface area contributed by atoms with Crippen LogP contribution in [-0.4, -0.2) is 48.6 Å². The van der Waals surface area contributed by atoms with Gasteiger partial charge < -0.3 is 31.5 Å². The minimum absolute atomic E-state index is 0.493. The van der Waals surface area contributed by atoms with Crippen LogP contribution in [0.25, 0.3) is 43.1 Å². The largest absolute Gasteiger partial charge is 0.398 e. The van der Waals surface area contributed by atoms with E-state index in [4.69, 9.17) is 11.5 Å². The summed E-state index contributed by atoms with van der Waals surface area (Å²) in [4.78, 5) is 4.73. The molecule has 0 radical (unpaired) electrons. The number of hydrogen-bond donors (Lipinski definition) is 4. The van der Waals surface area contributed by atoms with Gasteiger partial charge in [0.1, 0.15) is 0 Å². The Morgan fingerprint density at radius 3 is 1.24 bits per heavy atom. The van der Waals surface area contributed by atoms with E-state index in [2.05, 4.69) is 98.2 Å². The van der Waals surface area contributed by atoms with Crippen molar-refractivity contribution in [3.63, 3.8) is 0 Å². The second-order valence-corrected chi connectivity index (χ2v) is 12.5. The lowest BCUT2D eigenvalue weighted by Gasteiger charge is -2.49. The van der Waals surface area contributed by atoms with Crippen LogP contribution in [0.5, 0.6) is 0 Å². The minimum atomic E-state index is -0.856.